The maximum atomic E-state index is 13.2. The zero-order valence-electron chi connectivity index (χ0n) is 18.4. The van der Waals surface area contributed by atoms with Gasteiger partial charge in [0, 0.05) is 11.1 Å². The largest absolute Gasteiger partial charge is 0.460 e. The van der Waals surface area contributed by atoms with Gasteiger partial charge in [-0.2, -0.15) is 0 Å². The van der Waals surface area contributed by atoms with Crippen LogP contribution in [-0.4, -0.2) is 28.2 Å². The molecule has 0 spiro atoms. The summed E-state index contributed by atoms with van der Waals surface area (Å²) in [6.07, 6.45) is 2.39. The van der Waals surface area contributed by atoms with Gasteiger partial charge in [0.25, 0.3) is 0 Å². The molecule has 0 heterocycles. The molecule has 2 atom stereocenters. The summed E-state index contributed by atoms with van der Waals surface area (Å²) in [7, 11) is 0. The summed E-state index contributed by atoms with van der Waals surface area (Å²) in [5.41, 5.74) is 4.21. The minimum atomic E-state index is -0.518. The van der Waals surface area contributed by atoms with E-state index in [1.54, 1.807) is 11.8 Å². The van der Waals surface area contributed by atoms with Crippen LogP contribution in [-0.2, 0) is 16.1 Å². The molecule has 3 nitrogen and oxygen atoms in total. The molecule has 0 bridgehead atoms. The van der Waals surface area contributed by atoms with E-state index in [-0.39, 0.29) is 12.0 Å². The fraction of sp³-hybridized carbons (Fsp3) is 0.286. The fourth-order valence-electron chi connectivity index (χ4n) is 4.29. The third-order valence-electron chi connectivity index (χ3n) is 5.86. The second kappa shape index (κ2) is 10.6. The third-order valence-corrected chi connectivity index (χ3v) is 7.24. The van der Waals surface area contributed by atoms with Crippen LogP contribution in [0.2, 0.25) is 0 Å². The summed E-state index contributed by atoms with van der Waals surface area (Å²) in [6, 6.07) is 30.6. The first-order valence-electron chi connectivity index (χ1n) is 11.2. The van der Waals surface area contributed by atoms with Gasteiger partial charge >= 0.3 is 5.97 Å². The van der Waals surface area contributed by atoms with Crippen molar-refractivity contribution in [1.82, 2.24) is 0 Å². The lowest BCUT2D eigenvalue weighted by molar-refractivity contribution is -0.147. The molecule has 1 saturated carbocycles. The van der Waals surface area contributed by atoms with Crippen molar-refractivity contribution in [3.8, 4) is 0 Å². The van der Waals surface area contributed by atoms with Crippen LogP contribution in [0.15, 0.2) is 96.0 Å². The van der Waals surface area contributed by atoms with Crippen LogP contribution in [0.4, 0.5) is 0 Å². The molecule has 4 heteroatoms. The van der Waals surface area contributed by atoms with Crippen molar-refractivity contribution in [3.05, 3.63) is 108 Å². The fourth-order valence-corrected chi connectivity index (χ4v) is 5.59. The summed E-state index contributed by atoms with van der Waals surface area (Å²) >= 11 is 1.71. The van der Waals surface area contributed by atoms with E-state index in [4.69, 9.17) is 9.73 Å². The van der Waals surface area contributed by atoms with Crippen molar-refractivity contribution in [2.75, 3.05) is 5.75 Å². The topological polar surface area (TPSA) is 38.7 Å². The molecular weight excluding hydrogens is 414 g/mol. The molecule has 0 amide bonds. The number of thioether (sulfide) groups is 1. The van der Waals surface area contributed by atoms with Crippen molar-refractivity contribution in [1.29, 1.82) is 0 Å². The number of hydrogen-bond acceptors (Lipinski definition) is 4. The molecule has 4 rings (SSSR count). The monoisotopic (exact) mass is 443 g/mol. The van der Waals surface area contributed by atoms with E-state index in [1.165, 1.54) is 0 Å². The Morgan fingerprint density at radius 2 is 1.50 bits per heavy atom. The quantitative estimate of drug-likeness (QED) is 0.302. The molecule has 1 aliphatic rings. The van der Waals surface area contributed by atoms with Gasteiger partial charge in [-0.1, -0.05) is 97.9 Å². The van der Waals surface area contributed by atoms with Gasteiger partial charge in [-0.05, 0) is 30.6 Å². The molecule has 0 aromatic heterocycles. The Kier molecular flexibility index (Phi) is 7.43. The SMILES string of the molecule is CCSC1(C(=O)OCc2ccccc2)CC[C@@H](N=C(c2ccccc2)c2ccccc2)C1. The van der Waals surface area contributed by atoms with Gasteiger partial charge in [-0.15, -0.1) is 11.8 Å². The van der Waals surface area contributed by atoms with E-state index in [0.717, 1.165) is 41.0 Å². The average molecular weight is 444 g/mol. The van der Waals surface area contributed by atoms with E-state index in [2.05, 4.69) is 31.2 Å². The molecule has 0 radical (unpaired) electrons. The van der Waals surface area contributed by atoms with Crippen LogP contribution < -0.4 is 0 Å². The zero-order chi connectivity index (χ0) is 22.2. The molecule has 32 heavy (non-hydrogen) atoms. The maximum Gasteiger partial charge on any atom is 0.322 e. The molecule has 0 N–H and O–H groups in total. The Balaban J connectivity index is 1.55. The van der Waals surface area contributed by atoms with Gasteiger partial charge in [0.2, 0.25) is 0 Å². The van der Waals surface area contributed by atoms with Crippen LogP contribution >= 0.6 is 11.8 Å². The molecule has 1 fully saturated rings. The number of benzene rings is 3. The smallest absolute Gasteiger partial charge is 0.322 e. The van der Waals surface area contributed by atoms with Crippen molar-refractivity contribution < 1.29 is 9.53 Å². The van der Waals surface area contributed by atoms with Crippen molar-refractivity contribution in [2.45, 2.75) is 43.6 Å². The van der Waals surface area contributed by atoms with Crippen molar-refractivity contribution in [3.63, 3.8) is 0 Å². The predicted molar refractivity (Wildman–Crippen MR) is 133 cm³/mol. The molecular formula is C28H29NO2S. The number of ether oxygens (including phenoxy) is 1. The van der Waals surface area contributed by atoms with Gasteiger partial charge in [-0.25, -0.2) is 0 Å². The Labute approximate surface area is 194 Å². The molecule has 1 aliphatic carbocycles. The molecule has 164 valence electrons. The van der Waals surface area contributed by atoms with Gasteiger partial charge in [-0.3, -0.25) is 9.79 Å². The average Bonchev–Trinajstić information content (AvgIpc) is 3.27. The highest BCUT2D eigenvalue weighted by Crippen LogP contribution is 2.44. The molecule has 3 aromatic carbocycles. The summed E-state index contributed by atoms with van der Waals surface area (Å²) in [6.45, 7) is 2.42. The van der Waals surface area contributed by atoms with E-state index < -0.39 is 4.75 Å². The number of nitrogens with zero attached hydrogens (tertiary/aromatic N) is 1. The number of hydrogen-bond donors (Lipinski definition) is 0. The second-order valence-corrected chi connectivity index (χ2v) is 9.74. The normalized spacial score (nSPS) is 20.0. The number of carbonyl (C=O) groups is 1. The third kappa shape index (κ3) is 5.31. The van der Waals surface area contributed by atoms with E-state index >= 15 is 0 Å². The lowest BCUT2D eigenvalue weighted by Gasteiger charge is -2.26. The van der Waals surface area contributed by atoms with Crippen LogP contribution in [0.3, 0.4) is 0 Å². The van der Waals surface area contributed by atoms with Crippen LogP contribution in [0.5, 0.6) is 0 Å². The highest BCUT2D eigenvalue weighted by Gasteiger charge is 2.47. The zero-order valence-corrected chi connectivity index (χ0v) is 19.3. The van der Waals surface area contributed by atoms with E-state index in [0.29, 0.717) is 13.0 Å². The molecule has 0 aliphatic heterocycles. The van der Waals surface area contributed by atoms with Crippen LogP contribution in [0.1, 0.15) is 42.9 Å². The lowest BCUT2D eigenvalue weighted by Crippen LogP contribution is -2.35. The molecule has 0 saturated heterocycles. The van der Waals surface area contributed by atoms with Gasteiger partial charge in [0.1, 0.15) is 11.4 Å². The Morgan fingerprint density at radius 1 is 0.938 bits per heavy atom. The van der Waals surface area contributed by atoms with Crippen molar-refractivity contribution >= 4 is 23.4 Å². The minimum Gasteiger partial charge on any atom is -0.460 e. The first-order chi connectivity index (χ1) is 15.7. The van der Waals surface area contributed by atoms with Crippen LogP contribution in [0, 0.1) is 0 Å². The highest BCUT2D eigenvalue weighted by molar-refractivity contribution is 8.01. The van der Waals surface area contributed by atoms with Gasteiger partial charge in [0.15, 0.2) is 0 Å². The Hall–Kier alpha value is -2.85. The van der Waals surface area contributed by atoms with E-state index in [9.17, 15) is 4.79 Å². The lowest BCUT2D eigenvalue weighted by atomic mass is 10.0. The Morgan fingerprint density at radius 3 is 2.06 bits per heavy atom. The van der Waals surface area contributed by atoms with Crippen molar-refractivity contribution in [2.24, 2.45) is 4.99 Å². The standard InChI is InChI=1S/C28H29NO2S/c1-2-32-28(27(30)31-21-22-12-6-3-7-13-22)19-18-25(20-28)29-26(23-14-8-4-9-15-23)24-16-10-5-11-17-24/h3-17,25H,2,18-21H2,1H3/t25-,28?/m1/s1. The summed E-state index contributed by atoms with van der Waals surface area (Å²) < 4.78 is 5.26. The highest BCUT2D eigenvalue weighted by atomic mass is 32.2. The summed E-state index contributed by atoms with van der Waals surface area (Å²) in [5.74, 6) is 0.771. The molecule has 1 unspecified atom stereocenters. The first-order valence-corrected chi connectivity index (χ1v) is 12.2. The summed E-state index contributed by atoms with van der Waals surface area (Å²) in [5, 5.41) is 0. The first kappa shape index (κ1) is 22.3. The number of rotatable bonds is 8. The van der Waals surface area contributed by atoms with Gasteiger partial charge < -0.3 is 4.74 Å². The summed E-state index contributed by atoms with van der Waals surface area (Å²) in [4.78, 5) is 18.4. The van der Waals surface area contributed by atoms with E-state index in [1.807, 2.05) is 66.7 Å². The number of carbonyl (C=O) groups excluding carboxylic acids is 1. The van der Waals surface area contributed by atoms with Gasteiger partial charge in [0.05, 0.1) is 11.8 Å². The molecule has 3 aromatic rings. The maximum absolute atomic E-state index is 13.2. The van der Waals surface area contributed by atoms with Crippen LogP contribution in [0.25, 0.3) is 0 Å². The number of esters is 1. The predicted octanol–water partition coefficient (Wildman–Crippen LogP) is 6.31. The number of aliphatic imine (C=N–C) groups is 1. The Bertz CT molecular complexity index is 995. The minimum absolute atomic E-state index is 0.0914. The second-order valence-electron chi connectivity index (χ2n) is 8.10.